The highest BCUT2D eigenvalue weighted by Crippen LogP contribution is 2.10. The average molecular weight is 252 g/mol. The molecule has 4 nitrogen and oxygen atoms in total. The van der Waals surface area contributed by atoms with Crippen LogP contribution < -0.4 is 5.32 Å². The molecule has 2 aromatic heterocycles. The molecule has 1 N–H and O–H groups in total. The van der Waals surface area contributed by atoms with E-state index in [2.05, 4.69) is 46.6 Å². The van der Waals surface area contributed by atoms with E-state index in [0.29, 0.717) is 5.95 Å². The van der Waals surface area contributed by atoms with E-state index in [9.17, 15) is 0 Å². The number of hydrogen-bond donors (Lipinski definition) is 1. The van der Waals surface area contributed by atoms with E-state index < -0.39 is 0 Å². The number of nitrogens with one attached hydrogen (secondary N) is 1. The van der Waals surface area contributed by atoms with Crippen LogP contribution in [0.3, 0.4) is 0 Å². The molecule has 19 heavy (non-hydrogen) atoms. The summed E-state index contributed by atoms with van der Waals surface area (Å²) in [5.74, 6) is 0.663. The minimum atomic E-state index is 0.663. The Morgan fingerprint density at radius 2 is 1.95 bits per heavy atom. The van der Waals surface area contributed by atoms with E-state index in [1.54, 1.807) is 0 Å². The molecular weight excluding hydrogens is 236 g/mol. The van der Waals surface area contributed by atoms with Gasteiger partial charge in [-0.25, -0.2) is 4.52 Å². The maximum Gasteiger partial charge on any atom is 0.243 e. The van der Waals surface area contributed by atoms with Crippen LogP contribution in [0.15, 0.2) is 42.5 Å². The molecule has 0 radical (unpaired) electrons. The van der Waals surface area contributed by atoms with Gasteiger partial charge in [-0.2, -0.15) is 4.98 Å². The molecule has 0 unspecified atom stereocenters. The quantitative estimate of drug-likeness (QED) is 0.779. The monoisotopic (exact) mass is 252 g/mol. The third-order valence-corrected chi connectivity index (χ3v) is 3.08. The van der Waals surface area contributed by atoms with Gasteiger partial charge >= 0.3 is 0 Å². The molecule has 0 atom stereocenters. The molecule has 0 saturated carbocycles. The summed E-state index contributed by atoms with van der Waals surface area (Å²) in [6.07, 6.45) is 0. The summed E-state index contributed by atoms with van der Waals surface area (Å²) < 4.78 is 1.85. The minimum absolute atomic E-state index is 0.663. The zero-order valence-electron chi connectivity index (χ0n) is 11.1. The lowest BCUT2D eigenvalue weighted by Crippen LogP contribution is -2.01. The Morgan fingerprint density at radius 1 is 1.11 bits per heavy atom. The van der Waals surface area contributed by atoms with E-state index >= 15 is 0 Å². The van der Waals surface area contributed by atoms with Crippen LogP contribution in [0.2, 0.25) is 0 Å². The first-order valence-corrected chi connectivity index (χ1v) is 6.34. The van der Waals surface area contributed by atoms with Crippen molar-refractivity contribution in [2.75, 3.05) is 5.32 Å². The van der Waals surface area contributed by atoms with Crippen molar-refractivity contribution in [3.63, 3.8) is 0 Å². The number of fused-ring (bicyclic) bond motifs is 1. The summed E-state index contributed by atoms with van der Waals surface area (Å²) in [5.41, 5.74) is 4.44. The highest BCUT2D eigenvalue weighted by molar-refractivity contribution is 5.44. The maximum atomic E-state index is 4.45. The van der Waals surface area contributed by atoms with Crippen molar-refractivity contribution in [3.05, 3.63) is 59.3 Å². The normalized spacial score (nSPS) is 10.8. The number of rotatable bonds is 3. The van der Waals surface area contributed by atoms with Crippen molar-refractivity contribution >= 4 is 11.6 Å². The molecule has 0 saturated heterocycles. The molecular formula is C15H16N4. The molecule has 0 fully saturated rings. The average Bonchev–Trinajstić information content (AvgIpc) is 2.81. The van der Waals surface area contributed by atoms with Crippen molar-refractivity contribution in [2.45, 2.75) is 20.4 Å². The van der Waals surface area contributed by atoms with E-state index in [0.717, 1.165) is 17.9 Å². The first kappa shape index (κ1) is 11.7. The largest absolute Gasteiger partial charge is 0.349 e. The van der Waals surface area contributed by atoms with Crippen molar-refractivity contribution in [2.24, 2.45) is 0 Å². The summed E-state index contributed by atoms with van der Waals surface area (Å²) in [7, 11) is 0. The van der Waals surface area contributed by atoms with Crippen LogP contribution in [0.4, 0.5) is 5.95 Å². The molecule has 0 aliphatic rings. The second-order valence-corrected chi connectivity index (χ2v) is 4.72. The first-order valence-electron chi connectivity index (χ1n) is 6.34. The molecule has 0 spiro atoms. The fraction of sp³-hybridized carbons (Fsp3) is 0.200. The van der Waals surface area contributed by atoms with Crippen molar-refractivity contribution < 1.29 is 0 Å². The van der Waals surface area contributed by atoms with Crippen LogP contribution in [0.25, 0.3) is 5.65 Å². The van der Waals surface area contributed by atoms with Crippen LogP contribution in [0, 0.1) is 13.8 Å². The Labute approximate surface area is 112 Å². The number of hydrogen-bond acceptors (Lipinski definition) is 3. The number of aromatic nitrogens is 3. The maximum absolute atomic E-state index is 4.45. The summed E-state index contributed by atoms with van der Waals surface area (Å²) in [6, 6.07) is 14.4. The van der Waals surface area contributed by atoms with Gasteiger partial charge in [-0.15, -0.1) is 5.10 Å². The highest BCUT2D eigenvalue weighted by atomic mass is 15.3. The topological polar surface area (TPSA) is 42.2 Å². The summed E-state index contributed by atoms with van der Waals surface area (Å²) in [5, 5.41) is 7.71. The van der Waals surface area contributed by atoms with Crippen LogP contribution in [0.1, 0.15) is 16.8 Å². The second kappa shape index (κ2) is 4.72. The molecule has 96 valence electrons. The molecule has 3 aromatic rings. The summed E-state index contributed by atoms with van der Waals surface area (Å²) >= 11 is 0. The second-order valence-electron chi connectivity index (χ2n) is 4.72. The van der Waals surface area contributed by atoms with Crippen LogP contribution in [-0.4, -0.2) is 14.6 Å². The molecule has 0 aliphatic carbocycles. The molecule has 0 bridgehead atoms. The number of nitrogens with zero attached hydrogens (tertiary/aromatic N) is 3. The minimum Gasteiger partial charge on any atom is -0.349 e. The van der Waals surface area contributed by atoms with Crippen molar-refractivity contribution in [3.8, 4) is 0 Å². The van der Waals surface area contributed by atoms with Crippen LogP contribution in [-0.2, 0) is 6.54 Å². The first-order chi connectivity index (χ1) is 9.22. The third-order valence-electron chi connectivity index (χ3n) is 3.08. The Morgan fingerprint density at radius 3 is 2.74 bits per heavy atom. The number of aryl methyl sites for hydroxylation is 2. The predicted molar refractivity (Wildman–Crippen MR) is 76.2 cm³/mol. The lowest BCUT2D eigenvalue weighted by atomic mass is 10.1. The van der Waals surface area contributed by atoms with Gasteiger partial charge in [0.1, 0.15) is 0 Å². The lowest BCUT2D eigenvalue weighted by Gasteiger charge is -2.02. The highest BCUT2D eigenvalue weighted by Gasteiger charge is 2.04. The van der Waals surface area contributed by atoms with Gasteiger partial charge in [-0.1, -0.05) is 35.9 Å². The van der Waals surface area contributed by atoms with Gasteiger partial charge in [0, 0.05) is 12.2 Å². The van der Waals surface area contributed by atoms with Gasteiger partial charge in [0.05, 0.1) is 0 Å². The van der Waals surface area contributed by atoms with Gasteiger partial charge in [0.2, 0.25) is 5.95 Å². The number of pyridine rings is 1. The zero-order valence-corrected chi connectivity index (χ0v) is 11.1. The van der Waals surface area contributed by atoms with E-state index in [4.69, 9.17) is 0 Å². The Hall–Kier alpha value is -2.36. The van der Waals surface area contributed by atoms with Crippen molar-refractivity contribution in [1.29, 1.82) is 0 Å². The van der Waals surface area contributed by atoms with Crippen LogP contribution in [0.5, 0.6) is 0 Å². The van der Waals surface area contributed by atoms with Crippen molar-refractivity contribution in [1.82, 2.24) is 14.6 Å². The van der Waals surface area contributed by atoms with E-state index in [-0.39, 0.29) is 0 Å². The van der Waals surface area contributed by atoms with Gasteiger partial charge < -0.3 is 5.32 Å². The molecule has 2 heterocycles. The van der Waals surface area contributed by atoms with Crippen LogP contribution >= 0.6 is 0 Å². The fourth-order valence-electron chi connectivity index (χ4n) is 2.11. The zero-order chi connectivity index (χ0) is 13.2. The number of benzene rings is 1. The van der Waals surface area contributed by atoms with Gasteiger partial charge in [0.25, 0.3) is 0 Å². The smallest absolute Gasteiger partial charge is 0.243 e. The van der Waals surface area contributed by atoms with Gasteiger partial charge in [-0.3, -0.25) is 0 Å². The molecule has 0 aliphatic heterocycles. The predicted octanol–water partition coefficient (Wildman–Crippen LogP) is 2.96. The Bertz CT molecular complexity index is 715. The lowest BCUT2D eigenvalue weighted by molar-refractivity contribution is 0.909. The Balaban J connectivity index is 1.80. The summed E-state index contributed by atoms with van der Waals surface area (Å²) in [4.78, 5) is 4.45. The van der Waals surface area contributed by atoms with E-state index in [1.807, 2.05) is 29.6 Å². The van der Waals surface area contributed by atoms with Gasteiger partial charge in [-0.05, 0) is 31.5 Å². The SMILES string of the molecule is Cc1cccc(CNc2nc3cccc(C)n3n2)c1. The molecule has 3 rings (SSSR count). The fourth-order valence-corrected chi connectivity index (χ4v) is 2.11. The number of anilines is 1. The molecule has 4 heteroatoms. The summed E-state index contributed by atoms with van der Waals surface area (Å²) in [6.45, 7) is 4.85. The molecule has 1 aromatic carbocycles. The standard InChI is InChI=1S/C15H16N4/c1-11-5-3-7-13(9-11)10-16-15-17-14-8-4-6-12(2)19(14)18-15/h3-9H,10H2,1-2H3,(H,16,18). The van der Waals surface area contributed by atoms with E-state index in [1.165, 1.54) is 11.1 Å². The molecule has 0 amide bonds. The Kier molecular flexibility index (Phi) is 2.91. The van der Waals surface area contributed by atoms with Gasteiger partial charge in [0.15, 0.2) is 5.65 Å². The third kappa shape index (κ3) is 2.42.